The number of rotatable bonds is 3. The van der Waals surface area contributed by atoms with Crippen molar-refractivity contribution in [2.45, 2.75) is 6.54 Å². The Morgan fingerprint density at radius 2 is 2.18 bits per heavy atom. The van der Waals surface area contributed by atoms with Crippen molar-refractivity contribution in [2.24, 2.45) is 5.73 Å². The first-order valence-electron chi connectivity index (χ1n) is 4.96. The molecule has 2 nitrogen and oxygen atoms in total. The van der Waals surface area contributed by atoms with Gasteiger partial charge in [0.05, 0.1) is 5.69 Å². The zero-order valence-electron chi connectivity index (χ0n) is 8.86. The smallest absolute Gasteiger partial charge is 0.124 e. The van der Waals surface area contributed by atoms with Gasteiger partial charge >= 0.3 is 0 Å². The molecule has 2 rings (SSSR count). The molecule has 2 N–H and O–H groups in total. The lowest BCUT2D eigenvalue weighted by Gasteiger charge is -2.08. The van der Waals surface area contributed by atoms with Crippen LogP contribution < -0.4 is 5.73 Å². The molecule has 0 aliphatic carbocycles. The Balaban J connectivity index is 2.31. The molecule has 0 radical (unpaired) electrons. The number of hydrogen-bond acceptors (Lipinski definition) is 1. The molecule has 5 heteroatoms. The summed E-state index contributed by atoms with van der Waals surface area (Å²) in [6, 6.07) is 8.49. The topological polar surface area (TPSA) is 30.9 Å². The van der Waals surface area contributed by atoms with Gasteiger partial charge in [0.25, 0.3) is 0 Å². The average molecular weight is 313 g/mol. The van der Waals surface area contributed by atoms with Crippen molar-refractivity contribution in [3.8, 4) is 0 Å². The van der Waals surface area contributed by atoms with Crippen LogP contribution in [0.2, 0.25) is 0 Å². The van der Waals surface area contributed by atoms with E-state index in [2.05, 4.69) is 15.9 Å². The Kier molecular flexibility index (Phi) is 3.59. The van der Waals surface area contributed by atoms with Crippen molar-refractivity contribution >= 4 is 33.1 Å². The van der Waals surface area contributed by atoms with Gasteiger partial charge in [0, 0.05) is 17.2 Å². The van der Waals surface area contributed by atoms with Crippen molar-refractivity contribution in [3.63, 3.8) is 0 Å². The molecule has 2 aromatic rings. The standard InChI is InChI=1S/C12H10BrFN2S/c13-9-4-8(5-10(14)6-9)7-16-3-1-2-11(16)12(15)17/h1-6H,7H2,(H2,15,17). The SMILES string of the molecule is NC(=S)c1cccn1Cc1cc(F)cc(Br)c1. The molecule has 0 atom stereocenters. The maximum absolute atomic E-state index is 13.2. The second-order valence-corrected chi connectivity index (χ2v) is 5.02. The highest BCUT2D eigenvalue weighted by Gasteiger charge is 2.05. The third-order valence-corrected chi connectivity index (χ3v) is 3.02. The van der Waals surface area contributed by atoms with E-state index in [4.69, 9.17) is 18.0 Å². The molecule has 0 unspecified atom stereocenters. The summed E-state index contributed by atoms with van der Waals surface area (Å²) in [5, 5.41) is 0. The molecule has 17 heavy (non-hydrogen) atoms. The van der Waals surface area contributed by atoms with Gasteiger partial charge < -0.3 is 10.3 Å². The average Bonchev–Trinajstić information content (AvgIpc) is 2.63. The minimum Gasteiger partial charge on any atom is -0.388 e. The van der Waals surface area contributed by atoms with Crippen LogP contribution in [-0.2, 0) is 6.54 Å². The summed E-state index contributed by atoms with van der Waals surface area (Å²) in [5.41, 5.74) is 7.23. The van der Waals surface area contributed by atoms with Crippen LogP contribution in [0.15, 0.2) is 41.0 Å². The molecular formula is C12H10BrFN2S. The van der Waals surface area contributed by atoms with Crippen LogP contribution in [0, 0.1) is 5.82 Å². The largest absolute Gasteiger partial charge is 0.388 e. The van der Waals surface area contributed by atoms with Crippen molar-refractivity contribution in [1.82, 2.24) is 4.57 Å². The molecular weight excluding hydrogens is 303 g/mol. The quantitative estimate of drug-likeness (QED) is 0.883. The van der Waals surface area contributed by atoms with Gasteiger partial charge in [0.2, 0.25) is 0 Å². The summed E-state index contributed by atoms with van der Waals surface area (Å²) in [6.07, 6.45) is 1.87. The van der Waals surface area contributed by atoms with Crippen molar-refractivity contribution in [1.29, 1.82) is 0 Å². The first-order chi connectivity index (χ1) is 8.06. The van der Waals surface area contributed by atoms with E-state index in [9.17, 15) is 4.39 Å². The summed E-state index contributed by atoms with van der Waals surface area (Å²) in [5.74, 6) is -0.265. The lowest BCUT2D eigenvalue weighted by Crippen LogP contribution is -2.15. The van der Waals surface area contributed by atoms with Gasteiger partial charge in [0.15, 0.2) is 0 Å². The van der Waals surface area contributed by atoms with E-state index >= 15 is 0 Å². The van der Waals surface area contributed by atoms with E-state index in [-0.39, 0.29) is 5.82 Å². The fourth-order valence-electron chi connectivity index (χ4n) is 1.67. The van der Waals surface area contributed by atoms with Gasteiger partial charge in [-0.25, -0.2) is 4.39 Å². The van der Waals surface area contributed by atoms with Crippen LogP contribution in [0.25, 0.3) is 0 Å². The molecule has 1 aromatic carbocycles. The minimum absolute atomic E-state index is 0.265. The fourth-order valence-corrected chi connectivity index (χ4v) is 2.37. The number of benzene rings is 1. The lowest BCUT2D eigenvalue weighted by atomic mass is 10.2. The molecule has 88 valence electrons. The number of aromatic nitrogens is 1. The minimum atomic E-state index is -0.265. The lowest BCUT2D eigenvalue weighted by molar-refractivity contribution is 0.622. The summed E-state index contributed by atoms with van der Waals surface area (Å²) < 4.78 is 15.8. The molecule has 1 aromatic heterocycles. The summed E-state index contributed by atoms with van der Waals surface area (Å²) in [4.78, 5) is 0.338. The maximum Gasteiger partial charge on any atom is 0.124 e. The Hall–Kier alpha value is -1.20. The zero-order chi connectivity index (χ0) is 12.4. The van der Waals surface area contributed by atoms with E-state index in [0.717, 1.165) is 15.7 Å². The first kappa shape index (κ1) is 12.3. The van der Waals surface area contributed by atoms with Gasteiger partial charge in [0.1, 0.15) is 10.8 Å². The number of hydrogen-bond donors (Lipinski definition) is 1. The molecule has 0 aliphatic rings. The Morgan fingerprint density at radius 1 is 1.41 bits per heavy atom. The van der Waals surface area contributed by atoms with Crippen molar-refractivity contribution < 1.29 is 4.39 Å². The number of nitrogens with two attached hydrogens (primary N) is 1. The van der Waals surface area contributed by atoms with Gasteiger partial charge in [-0.2, -0.15) is 0 Å². The fraction of sp³-hybridized carbons (Fsp3) is 0.0833. The number of nitrogens with zero attached hydrogens (tertiary/aromatic N) is 1. The molecule has 0 spiro atoms. The van der Waals surface area contributed by atoms with E-state index in [1.165, 1.54) is 12.1 Å². The van der Waals surface area contributed by atoms with Crippen LogP contribution in [0.1, 0.15) is 11.3 Å². The normalized spacial score (nSPS) is 10.5. The second kappa shape index (κ2) is 4.98. The molecule has 1 heterocycles. The summed E-state index contributed by atoms with van der Waals surface area (Å²) in [7, 11) is 0. The zero-order valence-corrected chi connectivity index (χ0v) is 11.3. The first-order valence-corrected chi connectivity index (χ1v) is 6.16. The van der Waals surface area contributed by atoms with Crippen molar-refractivity contribution in [2.75, 3.05) is 0 Å². The summed E-state index contributed by atoms with van der Waals surface area (Å²) in [6.45, 7) is 0.538. The predicted octanol–water partition coefficient (Wildman–Crippen LogP) is 3.07. The third-order valence-electron chi connectivity index (χ3n) is 2.36. The van der Waals surface area contributed by atoms with E-state index in [0.29, 0.717) is 11.5 Å². The Labute approximate surface area is 112 Å². The second-order valence-electron chi connectivity index (χ2n) is 3.66. The van der Waals surface area contributed by atoms with Gasteiger partial charge in [-0.15, -0.1) is 0 Å². The molecule has 0 saturated heterocycles. The van der Waals surface area contributed by atoms with Crippen LogP contribution in [0.5, 0.6) is 0 Å². The predicted molar refractivity (Wildman–Crippen MR) is 73.5 cm³/mol. The monoisotopic (exact) mass is 312 g/mol. The molecule has 0 bridgehead atoms. The van der Waals surface area contributed by atoms with Crippen LogP contribution in [0.3, 0.4) is 0 Å². The molecule has 0 fully saturated rings. The van der Waals surface area contributed by atoms with E-state index in [1.807, 2.05) is 29.0 Å². The third kappa shape index (κ3) is 2.92. The highest BCUT2D eigenvalue weighted by atomic mass is 79.9. The van der Waals surface area contributed by atoms with E-state index in [1.54, 1.807) is 0 Å². The molecule has 0 saturated carbocycles. The maximum atomic E-state index is 13.2. The van der Waals surface area contributed by atoms with Gasteiger partial charge in [-0.1, -0.05) is 28.1 Å². The number of halogens is 2. The Morgan fingerprint density at radius 3 is 2.82 bits per heavy atom. The van der Waals surface area contributed by atoms with Gasteiger partial charge in [-0.05, 0) is 35.9 Å². The van der Waals surface area contributed by atoms with Crippen molar-refractivity contribution in [3.05, 3.63) is 58.1 Å². The molecule has 0 amide bonds. The summed E-state index contributed by atoms with van der Waals surface area (Å²) >= 11 is 8.21. The highest BCUT2D eigenvalue weighted by Crippen LogP contribution is 2.16. The number of thiocarbonyl (C=S) groups is 1. The highest BCUT2D eigenvalue weighted by molar-refractivity contribution is 9.10. The Bertz CT molecular complexity index is 545. The van der Waals surface area contributed by atoms with Crippen LogP contribution >= 0.6 is 28.1 Å². The van der Waals surface area contributed by atoms with Crippen LogP contribution in [-0.4, -0.2) is 9.56 Å². The van der Waals surface area contributed by atoms with Gasteiger partial charge in [-0.3, -0.25) is 0 Å². The van der Waals surface area contributed by atoms with Crippen LogP contribution in [0.4, 0.5) is 4.39 Å². The molecule has 0 aliphatic heterocycles. The van der Waals surface area contributed by atoms with E-state index < -0.39 is 0 Å².